The highest BCUT2D eigenvalue weighted by Gasteiger charge is 2.13. The second-order valence-electron chi connectivity index (χ2n) is 6.82. The molecule has 1 amide bonds. The normalized spacial score (nSPS) is 10.7. The quantitative estimate of drug-likeness (QED) is 0.686. The average Bonchev–Trinajstić information content (AvgIpc) is 2.63. The highest BCUT2D eigenvalue weighted by atomic mass is 16.5. The molecule has 146 valence electrons. The molecule has 0 spiro atoms. The maximum absolute atomic E-state index is 12.7. The Morgan fingerprint density at radius 1 is 1.11 bits per heavy atom. The van der Waals surface area contributed by atoms with E-state index < -0.39 is 0 Å². The minimum absolute atomic E-state index is 0.202. The third-order valence-electron chi connectivity index (χ3n) is 3.93. The van der Waals surface area contributed by atoms with Crippen LogP contribution in [0.1, 0.15) is 42.3 Å². The fourth-order valence-corrected chi connectivity index (χ4v) is 2.65. The van der Waals surface area contributed by atoms with Gasteiger partial charge in [0, 0.05) is 17.7 Å². The van der Waals surface area contributed by atoms with E-state index in [0.29, 0.717) is 42.7 Å². The molecule has 2 aromatic rings. The lowest BCUT2D eigenvalue weighted by molar-refractivity contribution is 0.0948. The maximum atomic E-state index is 12.7. The van der Waals surface area contributed by atoms with Crippen molar-refractivity contribution in [1.29, 1.82) is 0 Å². The Hall–Kier alpha value is -2.53. The van der Waals surface area contributed by atoms with Crippen LogP contribution in [0.4, 0.5) is 5.69 Å². The summed E-state index contributed by atoms with van der Waals surface area (Å²) in [6.07, 6.45) is 0. The van der Waals surface area contributed by atoms with Crippen molar-refractivity contribution in [2.24, 2.45) is 5.92 Å². The SMILES string of the molecule is CCOc1ccc(C(=O)Nc2cc(C)ccc2OC)cc1COCC(C)C. The van der Waals surface area contributed by atoms with Crippen molar-refractivity contribution < 1.29 is 19.0 Å². The summed E-state index contributed by atoms with van der Waals surface area (Å²) >= 11 is 0. The van der Waals surface area contributed by atoms with Crippen LogP contribution in [-0.4, -0.2) is 26.2 Å². The second kappa shape index (κ2) is 9.97. The molecule has 0 atom stereocenters. The van der Waals surface area contributed by atoms with Crippen molar-refractivity contribution in [3.05, 3.63) is 53.1 Å². The van der Waals surface area contributed by atoms with Crippen LogP contribution >= 0.6 is 0 Å². The van der Waals surface area contributed by atoms with Gasteiger partial charge in [-0.25, -0.2) is 0 Å². The lowest BCUT2D eigenvalue weighted by atomic mass is 10.1. The number of amides is 1. The highest BCUT2D eigenvalue weighted by molar-refractivity contribution is 6.05. The van der Waals surface area contributed by atoms with Gasteiger partial charge in [0.2, 0.25) is 0 Å². The smallest absolute Gasteiger partial charge is 0.255 e. The second-order valence-corrected chi connectivity index (χ2v) is 6.82. The molecule has 0 aliphatic rings. The summed E-state index contributed by atoms with van der Waals surface area (Å²) in [7, 11) is 1.58. The molecule has 0 aromatic heterocycles. The summed E-state index contributed by atoms with van der Waals surface area (Å²) in [6.45, 7) is 9.72. The van der Waals surface area contributed by atoms with E-state index >= 15 is 0 Å². The van der Waals surface area contributed by atoms with Crippen LogP contribution in [-0.2, 0) is 11.3 Å². The monoisotopic (exact) mass is 371 g/mol. The number of nitrogens with one attached hydrogen (secondary N) is 1. The molecular weight excluding hydrogens is 342 g/mol. The topological polar surface area (TPSA) is 56.8 Å². The van der Waals surface area contributed by atoms with Gasteiger partial charge in [-0.1, -0.05) is 19.9 Å². The first kappa shape index (κ1) is 20.8. The lowest BCUT2D eigenvalue weighted by Crippen LogP contribution is -2.14. The molecule has 0 heterocycles. The van der Waals surface area contributed by atoms with Crippen molar-refractivity contribution in [2.45, 2.75) is 34.3 Å². The minimum atomic E-state index is -0.202. The third kappa shape index (κ3) is 6.00. The lowest BCUT2D eigenvalue weighted by Gasteiger charge is -2.14. The van der Waals surface area contributed by atoms with Gasteiger partial charge < -0.3 is 19.5 Å². The summed E-state index contributed by atoms with van der Waals surface area (Å²) in [4.78, 5) is 12.7. The molecule has 0 saturated heterocycles. The summed E-state index contributed by atoms with van der Waals surface area (Å²) < 4.78 is 16.7. The van der Waals surface area contributed by atoms with Crippen LogP contribution in [0.2, 0.25) is 0 Å². The minimum Gasteiger partial charge on any atom is -0.495 e. The van der Waals surface area contributed by atoms with Gasteiger partial charge in [-0.3, -0.25) is 4.79 Å². The number of anilines is 1. The molecule has 5 nitrogen and oxygen atoms in total. The number of carbonyl (C=O) groups is 1. The van der Waals surface area contributed by atoms with E-state index in [0.717, 1.165) is 16.9 Å². The van der Waals surface area contributed by atoms with Crippen LogP contribution in [0.3, 0.4) is 0 Å². The Morgan fingerprint density at radius 3 is 2.52 bits per heavy atom. The Kier molecular flexibility index (Phi) is 7.67. The van der Waals surface area contributed by atoms with Crippen LogP contribution in [0.25, 0.3) is 0 Å². The Labute approximate surface area is 161 Å². The number of ether oxygens (including phenoxy) is 3. The molecule has 27 heavy (non-hydrogen) atoms. The van der Waals surface area contributed by atoms with Gasteiger partial charge in [0.1, 0.15) is 11.5 Å². The summed E-state index contributed by atoms with van der Waals surface area (Å²) in [6, 6.07) is 11.1. The van der Waals surface area contributed by atoms with Gasteiger partial charge in [0.05, 0.1) is 26.0 Å². The predicted molar refractivity (Wildman–Crippen MR) is 108 cm³/mol. The fourth-order valence-electron chi connectivity index (χ4n) is 2.65. The Bertz CT molecular complexity index is 771. The summed E-state index contributed by atoms with van der Waals surface area (Å²) in [5.74, 6) is 1.61. The van der Waals surface area contributed by atoms with Crippen molar-refractivity contribution in [3.8, 4) is 11.5 Å². The average molecular weight is 371 g/mol. The number of benzene rings is 2. The molecule has 5 heteroatoms. The molecule has 0 aliphatic carbocycles. The number of methoxy groups -OCH3 is 1. The van der Waals surface area contributed by atoms with Gasteiger partial charge in [0.25, 0.3) is 5.91 Å². The molecule has 2 aromatic carbocycles. The van der Waals surface area contributed by atoms with Crippen molar-refractivity contribution in [2.75, 3.05) is 25.6 Å². The van der Waals surface area contributed by atoms with Crippen LogP contribution in [0.15, 0.2) is 36.4 Å². The van der Waals surface area contributed by atoms with E-state index in [-0.39, 0.29) is 5.91 Å². The predicted octanol–water partition coefficient (Wildman–Crippen LogP) is 4.83. The molecule has 0 unspecified atom stereocenters. The van der Waals surface area contributed by atoms with Gasteiger partial charge in [-0.05, 0) is 55.7 Å². The Balaban J connectivity index is 2.21. The van der Waals surface area contributed by atoms with E-state index in [4.69, 9.17) is 14.2 Å². The van der Waals surface area contributed by atoms with Gasteiger partial charge in [-0.2, -0.15) is 0 Å². The fraction of sp³-hybridized carbons (Fsp3) is 0.409. The van der Waals surface area contributed by atoms with Gasteiger partial charge >= 0.3 is 0 Å². The van der Waals surface area contributed by atoms with Crippen LogP contribution < -0.4 is 14.8 Å². The molecule has 0 bridgehead atoms. The molecule has 0 radical (unpaired) electrons. The van der Waals surface area contributed by atoms with Gasteiger partial charge in [0.15, 0.2) is 0 Å². The molecule has 2 rings (SSSR count). The van der Waals surface area contributed by atoms with Crippen LogP contribution in [0.5, 0.6) is 11.5 Å². The first-order valence-corrected chi connectivity index (χ1v) is 9.24. The zero-order chi connectivity index (χ0) is 19.8. The zero-order valence-electron chi connectivity index (χ0n) is 16.8. The van der Waals surface area contributed by atoms with E-state index in [1.54, 1.807) is 13.2 Å². The third-order valence-corrected chi connectivity index (χ3v) is 3.93. The number of aryl methyl sites for hydroxylation is 1. The highest BCUT2D eigenvalue weighted by Crippen LogP contribution is 2.27. The van der Waals surface area contributed by atoms with E-state index in [1.165, 1.54) is 0 Å². The van der Waals surface area contributed by atoms with Crippen molar-refractivity contribution in [1.82, 2.24) is 0 Å². The van der Waals surface area contributed by atoms with E-state index in [2.05, 4.69) is 19.2 Å². The summed E-state index contributed by atoms with van der Waals surface area (Å²) in [5.41, 5.74) is 3.10. The van der Waals surface area contributed by atoms with E-state index in [9.17, 15) is 4.79 Å². The molecule has 1 N–H and O–H groups in total. The first-order chi connectivity index (χ1) is 12.9. The standard InChI is InChI=1S/C22H29NO4/c1-6-27-20-10-8-17(12-18(20)14-26-13-15(2)3)22(24)23-19-11-16(4)7-9-21(19)25-5/h7-12,15H,6,13-14H2,1-5H3,(H,23,24). The van der Waals surface area contributed by atoms with Crippen molar-refractivity contribution in [3.63, 3.8) is 0 Å². The first-order valence-electron chi connectivity index (χ1n) is 9.24. The molecule has 0 fully saturated rings. The molecular formula is C22H29NO4. The van der Waals surface area contributed by atoms with Gasteiger partial charge in [-0.15, -0.1) is 0 Å². The number of hydrogen-bond acceptors (Lipinski definition) is 4. The van der Waals surface area contributed by atoms with Crippen molar-refractivity contribution >= 4 is 11.6 Å². The molecule has 0 aliphatic heterocycles. The number of hydrogen-bond donors (Lipinski definition) is 1. The Morgan fingerprint density at radius 2 is 1.85 bits per heavy atom. The zero-order valence-corrected chi connectivity index (χ0v) is 16.8. The maximum Gasteiger partial charge on any atom is 0.255 e. The number of rotatable bonds is 9. The number of carbonyl (C=O) groups excluding carboxylic acids is 1. The largest absolute Gasteiger partial charge is 0.495 e. The summed E-state index contributed by atoms with van der Waals surface area (Å²) in [5, 5.41) is 2.93. The van der Waals surface area contributed by atoms with E-state index in [1.807, 2.05) is 44.2 Å². The van der Waals surface area contributed by atoms with Crippen LogP contribution in [0, 0.1) is 12.8 Å². The molecule has 0 saturated carbocycles.